The Balaban J connectivity index is 2.30. The van der Waals surface area contributed by atoms with Gasteiger partial charge in [0.15, 0.2) is 0 Å². The molecule has 0 bridgehead atoms. The Morgan fingerprint density at radius 3 is 2.47 bits per heavy atom. The van der Waals surface area contributed by atoms with E-state index in [1.165, 1.54) is 32.1 Å². The second kappa shape index (κ2) is 7.34. The van der Waals surface area contributed by atoms with Crippen LogP contribution in [0.1, 0.15) is 46.0 Å². The maximum absolute atomic E-state index is 5.93. The molecule has 0 aromatic heterocycles. The molecule has 0 amide bonds. The summed E-state index contributed by atoms with van der Waals surface area (Å²) in [5.74, 6) is 0.794. The van der Waals surface area contributed by atoms with Crippen LogP contribution >= 0.6 is 0 Å². The van der Waals surface area contributed by atoms with Crippen LogP contribution in [0.15, 0.2) is 0 Å². The topological polar surface area (TPSA) is 47.3 Å². The largest absolute Gasteiger partial charge is 0.383 e. The predicted molar refractivity (Wildman–Crippen MR) is 73.1 cm³/mol. The molecule has 3 heteroatoms. The molecular weight excluding hydrogens is 212 g/mol. The van der Waals surface area contributed by atoms with Crippen LogP contribution in [-0.2, 0) is 4.74 Å². The first-order chi connectivity index (χ1) is 8.08. The van der Waals surface area contributed by atoms with Crippen LogP contribution in [0.5, 0.6) is 0 Å². The van der Waals surface area contributed by atoms with E-state index in [1.807, 2.05) is 0 Å². The highest BCUT2D eigenvalue weighted by Gasteiger charge is 2.33. The molecule has 3 nitrogen and oxygen atoms in total. The predicted octanol–water partition coefficient (Wildman–Crippen LogP) is 2.16. The van der Waals surface area contributed by atoms with Gasteiger partial charge >= 0.3 is 0 Å². The molecule has 0 aliphatic heterocycles. The van der Waals surface area contributed by atoms with Crippen molar-refractivity contribution in [2.24, 2.45) is 17.1 Å². The average Bonchev–Trinajstić information content (AvgIpc) is 2.66. The molecule has 3 N–H and O–H groups in total. The summed E-state index contributed by atoms with van der Waals surface area (Å²) in [6, 6.07) is 0.123. The zero-order valence-electron chi connectivity index (χ0n) is 11.8. The molecule has 1 saturated carbocycles. The van der Waals surface area contributed by atoms with Crippen molar-refractivity contribution < 1.29 is 4.74 Å². The zero-order valence-corrected chi connectivity index (χ0v) is 11.8. The average molecular weight is 242 g/mol. The van der Waals surface area contributed by atoms with Crippen LogP contribution in [0.3, 0.4) is 0 Å². The van der Waals surface area contributed by atoms with Crippen molar-refractivity contribution in [3.63, 3.8) is 0 Å². The van der Waals surface area contributed by atoms with E-state index >= 15 is 0 Å². The van der Waals surface area contributed by atoms with Crippen LogP contribution in [0.4, 0.5) is 0 Å². The van der Waals surface area contributed by atoms with Crippen molar-refractivity contribution in [1.29, 1.82) is 0 Å². The number of nitrogens with one attached hydrogen (secondary N) is 1. The minimum Gasteiger partial charge on any atom is -0.383 e. The third-order valence-corrected chi connectivity index (χ3v) is 3.79. The van der Waals surface area contributed by atoms with Crippen molar-refractivity contribution in [1.82, 2.24) is 5.32 Å². The van der Waals surface area contributed by atoms with Crippen molar-refractivity contribution in [2.45, 2.75) is 52.0 Å². The van der Waals surface area contributed by atoms with Crippen molar-refractivity contribution in [3.05, 3.63) is 0 Å². The molecule has 0 spiro atoms. The lowest BCUT2D eigenvalue weighted by Gasteiger charge is -2.31. The highest BCUT2D eigenvalue weighted by molar-refractivity contribution is 4.87. The van der Waals surface area contributed by atoms with Gasteiger partial charge in [0.05, 0.1) is 6.61 Å². The van der Waals surface area contributed by atoms with Gasteiger partial charge in [0.1, 0.15) is 0 Å². The molecule has 0 radical (unpaired) electrons. The lowest BCUT2D eigenvalue weighted by atomic mass is 9.78. The monoisotopic (exact) mass is 242 g/mol. The Morgan fingerprint density at radius 1 is 1.29 bits per heavy atom. The Labute approximate surface area is 106 Å². The van der Waals surface area contributed by atoms with Crippen LogP contribution < -0.4 is 11.1 Å². The minimum atomic E-state index is 0.123. The fourth-order valence-electron chi connectivity index (χ4n) is 3.24. The quantitative estimate of drug-likeness (QED) is 0.685. The van der Waals surface area contributed by atoms with Gasteiger partial charge in [-0.2, -0.15) is 0 Å². The van der Waals surface area contributed by atoms with Gasteiger partial charge in [-0.3, -0.25) is 0 Å². The second-order valence-electron chi connectivity index (χ2n) is 6.15. The van der Waals surface area contributed by atoms with E-state index in [4.69, 9.17) is 10.5 Å². The first-order valence-corrected chi connectivity index (χ1v) is 7.03. The number of rotatable bonds is 8. The summed E-state index contributed by atoms with van der Waals surface area (Å²) in [6.07, 6.45) is 6.92. The molecule has 1 rings (SSSR count). The van der Waals surface area contributed by atoms with E-state index in [1.54, 1.807) is 7.11 Å². The van der Waals surface area contributed by atoms with E-state index < -0.39 is 0 Å². The van der Waals surface area contributed by atoms with Gasteiger partial charge in [-0.05, 0) is 30.6 Å². The number of ether oxygens (including phenoxy) is 1. The van der Waals surface area contributed by atoms with Gasteiger partial charge in [-0.25, -0.2) is 0 Å². The Hall–Kier alpha value is -0.120. The third-order valence-electron chi connectivity index (χ3n) is 3.79. The molecule has 102 valence electrons. The lowest BCUT2D eigenvalue weighted by molar-refractivity contribution is 0.172. The van der Waals surface area contributed by atoms with Gasteiger partial charge in [-0.1, -0.05) is 26.7 Å². The van der Waals surface area contributed by atoms with Crippen molar-refractivity contribution in [3.8, 4) is 0 Å². The van der Waals surface area contributed by atoms with Crippen LogP contribution in [-0.4, -0.2) is 32.8 Å². The van der Waals surface area contributed by atoms with E-state index in [0.717, 1.165) is 19.0 Å². The molecule has 1 aliphatic rings. The SMILES string of the molecule is COCC(N)CNCC1(CC(C)C)CCCC1. The smallest absolute Gasteiger partial charge is 0.0626 e. The number of methoxy groups -OCH3 is 1. The molecule has 0 aromatic carbocycles. The van der Waals surface area contributed by atoms with E-state index in [-0.39, 0.29) is 6.04 Å². The Bertz CT molecular complexity index is 200. The van der Waals surface area contributed by atoms with Crippen LogP contribution in [0, 0.1) is 11.3 Å². The highest BCUT2D eigenvalue weighted by atomic mass is 16.5. The molecular formula is C14H30N2O. The standard InChI is InChI=1S/C14H30N2O/c1-12(2)8-14(6-4-5-7-14)11-16-9-13(15)10-17-3/h12-13,16H,4-11,15H2,1-3H3. The minimum absolute atomic E-state index is 0.123. The molecule has 1 aliphatic carbocycles. The molecule has 0 heterocycles. The van der Waals surface area contributed by atoms with Gasteiger partial charge in [-0.15, -0.1) is 0 Å². The maximum Gasteiger partial charge on any atom is 0.0626 e. The van der Waals surface area contributed by atoms with Crippen LogP contribution in [0.25, 0.3) is 0 Å². The lowest BCUT2D eigenvalue weighted by Crippen LogP contribution is -2.42. The van der Waals surface area contributed by atoms with Gasteiger partial charge in [0, 0.05) is 26.2 Å². The summed E-state index contributed by atoms with van der Waals surface area (Å²) < 4.78 is 5.05. The summed E-state index contributed by atoms with van der Waals surface area (Å²) >= 11 is 0. The molecule has 0 aromatic rings. The van der Waals surface area contributed by atoms with Crippen LogP contribution in [0.2, 0.25) is 0 Å². The van der Waals surface area contributed by atoms with E-state index in [0.29, 0.717) is 12.0 Å². The zero-order chi connectivity index (χ0) is 12.7. The fraction of sp³-hybridized carbons (Fsp3) is 1.00. The highest BCUT2D eigenvalue weighted by Crippen LogP contribution is 2.42. The molecule has 1 unspecified atom stereocenters. The normalized spacial score (nSPS) is 21.0. The fourth-order valence-corrected chi connectivity index (χ4v) is 3.24. The van der Waals surface area contributed by atoms with E-state index in [2.05, 4.69) is 19.2 Å². The molecule has 1 fully saturated rings. The number of hydrogen-bond donors (Lipinski definition) is 2. The second-order valence-corrected chi connectivity index (χ2v) is 6.15. The van der Waals surface area contributed by atoms with Crippen molar-refractivity contribution >= 4 is 0 Å². The Morgan fingerprint density at radius 2 is 1.94 bits per heavy atom. The summed E-state index contributed by atoms with van der Waals surface area (Å²) in [5, 5.41) is 3.55. The summed E-state index contributed by atoms with van der Waals surface area (Å²) in [5.41, 5.74) is 6.47. The van der Waals surface area contributed by atoms with Crippen molar-refractivity contribution in [2.75, 3.05) is 26.8 Å². The summed E-state index contributed by atoms with van der Waals surface area (Å²) in [7, 11) is 1.71. The first-order valence-electron chi connectivity index (χ1n) is 7.03. The number of nitrogens with two attached hydrogens (primary N) is 1. The summed E-state index contributed by atoms with van der Waals surface area (Å²) in [6.45, 7) is 7.30. The third kappa shape index (κ3) is 5.36. The summed E-state index contributed by atoms with van der Waals surface area (Å²) in [4.78, 5) is 0. The maximum atomic E-state index is 5.93. The Kier molecular flexibility index (Phi) is 6.45. The molecule has 17 heavy (non-hydrogen) atoms. The molecule has 0 saturated heterocycles. The molecule has 1 atom stereocenters. The number of hydrogen-bond acceptors (Lipinski definition) is 3. The first kappa shape index (κ1) is 14.9. The van der Waals surface area contributed by atoms with Gasteiger partial charge in [0.25, 0.3) is 0 Å². The van der Waals surface area contributed by atoms with E-state index in [9.17, 15) is 0 Å². The van der Waals surface area contributed by atoms with Gasteiger partial charge in [0.2, 0.25) is 0 Å². The van der Waals surface area contributed by atoms with Gasteiger partial charge < -0.3 is 15.8 Å².